The summed E-state index contributed by atoms with van der Waals surface area (Å²) in [6.07, 6.45) is 0.326. The molecule has 0 saturated carbocycles. The van der Waals surface area contributed by atoms with Gasteiger partial charge in [0.25, 0.3) is 0 Å². The van der Waals surface area contributed by atoms with Gasteiger partial charge in [-0.1, -0.05) is 12.1 Å². The van der Waals surface area contributed by atoms with Crippen LogP contribution in [0.25, 0.3) is 0 Å². The van der Waals surface area contributed by atoms with Crippen molar-refractivity contribution in [1.82, 2.24) is 14.7 Å². The summed E-state index contributed by atoms with van der Waals surface area (Å²) in [5.74, 6) is -4.69. The number of nitrogens with zero attached hydrogens (tertiary/aromatic N) is 4. The lowest BCUT2D eigenvalue weighted by Crippen LogP contribution is -2.52. The predicted octanol–water partition coefficient (Wildman–Crippen LogP) is 0.408. The summed E-state index contributed by atoms with van der Waals surface area (Å²) < 4.78 is 5.19. The van der Waals surface area contributed by atoms with Gasteiger partial charge in [-0.3, -0.25) is 33.9 Å². The largest absolute Gasteiger partial charge is 0.480 e. The van der Waals surface area contributed by atoms with Gasteiger partial charge in [0, 0.05) is 37.2 Å². The SMILES string of the molecule is COCN(CC(=O)O)C(Cc1ccc(SC#N)cc1)CN(CC(=O)O)CC(C)N(CC(=O)O)CC(=O)O. The summed E-state index contributed by atoms with van der Waals surface area (Å²) in [6, 6.07) is 5.94. The molecule has 0 radical (unpaired) electrons. The van der Waals surface area contributed by atoms with Crippen LogP contribution in [0.15, 0.2) is 29.2 Å². The third kappa shape index (κ3) is 13.1. The summed E-state index contributed by atoms with van der Waals surface area (Å²) in [7, 11) is 1.41. The second kappa shape index (κ2) is 16.5. The van der Waals surface area contributed by atoms with E-state index >= 15 is 0 Å². The Bertz CT molecular complexity index is 939. The van der Waals surface area contributed by atoms with Gasteiger partial charge in [0.2, 0.25) is 0 Å². The van der Waals surface area contributed by atoms with Crippen molar-refractivity contribution < 1.29 is 44.3 Å². The average molecular weight is 541 g/mol. The van der Waals surface area contributed by atoms with Gasteiger partial charge in [0.05, 0.1) is 32.9 Å². The van der Waals surface area contributed by atoms with Gasteiger partial charge in [-0.15, -0.1) is 0 Å². The van der Waals surface area contributed by atoms with Gasteiger partial charge in [-0.25, -0.2) is 0 Å². The standard InChI is InChI=1S/C23H32N4O9S/c1-16(26(11-21(30)31)12-22(32)33)8-25(10-20(28)29)9-18(27(15-36-2)13-23(34)35)7-17-3-5-19(6-4-17)37-14-24/h3-6,16,18H,7-13,15H2,1-2H3,(H,28,29)(H,30,31)(H,32,33)(H,34,35). The van der Waals surface area contributed by atoms with Crippen LogP contribution >= 0.6 is 11.8 Å². The highest BCUT2D eigenvalue weighted by Crippen LogP contribution is 2.19. The second-order valence-corrected chi connectivity index (χ2v) is 9.24. The Hall–Kier alpha value is -3.22. The number of methoxy groups -OCH3 is 1. The number of ether oxygens (including phenoxy) is 1. The van der Waals surface area contributed by atoms with Crippen molar-refractivity contribution in [2.75, 3.05) is 53.1 Å². The first-order valence-electron chi connectivity index (χ1n) is 11.2. The molecule has 2 unspecified atom stereocenters. The van der Waals surface area contributed by atoms with Crippen molar-refractivity contribution in [2.24, 2.45) is 0 Å². The van der Waals surface area contributed by atoms with Crippen LogP contribution in [0.3, 0.4) is 0 Å². The maximum atomic E-state index is 11.6. The summed E-state index contributed by atoms with van der Waals surface area (Å²) in [4.78, 5) is 50.6. The van der Waals surface area contributed by atoms with E-state index in [1.54, 1.807) is 36.1 Å². The molecule has 0 spiro atoms. The molecule has 0 aliphatic heterocycles. The molecule has 2 atom stereocenters. The molecular weight excluding hydrogens is 508 g/mol. The molecule has 0 amide bonds. The molecule has 0 saturated heterocycles. The molecule has 1 aromatic rings. The van der Waals surface area contributed by atoms with Crippen LogP contribution in [0.1, 0.15) is 12.5 Å². The fourth-order valence-corrected chi connectivity index (χ4v) is 4.22. The smallest absolute Gasteiger partial charge is 0.317 e. The number of thiocyanates is 1. The number of carboxylic acid groups (broad SMARTS) is 4. The van der Waals surface area contributed by atoms with Gasteiger partial charge in [-0.05, 0) is 42.8 Å². The molecule has 4 N–H and O–H groups in total. The Morgan fingerprint density at radius 2 is 1.41 bits per heavy atom. The van der Waals surface area contributed by atoms with Crippen LogP contribution in [0.4, 0.5) is 0 Å². The zero-order valence-electron chi connectivity index (χ0n) is 20.6. The minimum Gasteiger partial charge on any atom is -0.480 e. The lowest BCUT2D eigenvalue weighted by Gasteiger charge is -2.36. The minimum atomic E-state index is -1.22. The van der Waals surface area contributed by atoms with E-state index in [0.29, 0.717) is 6.42 Å². The number of benzene rings is 1. The molecule has 0 aromatic heterocycles. The molecular formula is C23H32N4O9S. The zero-order chi connectivity index (χ0) is 28.0. The van der Waals surface area contributed by atoms with E-state index in [0.717, 1.165) is 22.2 Å². The molecule has 1 aromatic carbocycles. The predicted molar refractivity (Wildman–Crippen MR) is 132 cm³/mol. The topological polar surface area (TPSA) is 192 Å². The van der Waals surface area contributed by atoms with Crippen molar-refractivity contribution in [3.63, 3.8) is 0 Å². The number of thioether (sulfide) groups is 1. The normalized spacial score (nSPS) is 12.9. The summed E-state index contributed by atoms with van der Waals surface area (Å²) in [5.41, 5.74) is 0.820. The Labute approximate surface area is 218 Å². The van der Waals surface area contributed by atoms with Crippen molar-refractivity contribution >= 4 is 35.6 Å². The zero-order valence-corrected chi connectivity index (χ0v) is 21.5. The number of carboxylic acids is 4. The first-order valence-corrected chi connectivity index (χ1v) is 12.0. The van der Waals surface area contributed by atoms with Crippen LogP contribution in [0.5, 0.6) is 0 Å². The van der Waals surface area contributed by atoms with E-state index in [1.807, 2.05) is 5.40 Å². The number of aliphatic carboxylic acids is 4. The van der Waals surface area contributed by atoms with Crippen molar-refractivity contribution in [1.29, 1.82) is 5.26 Å². The number of hydrogen-bond acceptors (Lipinski definition) is 10. The quantitative estimate of drug-likeness (QED) is 0.107. The lowest BCUT2D eigenvalue weighted by molar-refractivity contribution is -0.144. The molecule has 14 heteroatoms. The maximum absolute atomic E-state index is 11.6. The third-order valence-electron chi connectivity index (χ3n) is 5.36. The Balaban J connectivity index is 3.24. The maximum Gasteiger partial charge on any atom is 0.317 e. The van der Waals surface area contributed by atoms with Gasteiger partial charge in [-0.2, -0.15) is 5.26 Å². The molecule has 0 heterocycles. The van der Waals surface area contributed by atoms with E-state index in [1.165, 1.54) is 16.9 Å². The van der Waals surface area contributed by atoms with Gasteiger partial charge in [0.1, 0.15) is 5.40 Å². The molecule has 0 aliphatic carbocycles. The Morgan fingerprint density at radius 3 is 1.86 bits per heavy atom. The third-order valence-corrected chi connectivity index (χ3v) is 5.96. The van der Waals surface area contributed by atoms with Gasteiger partial charge in [0.15, 0.2) is 0 Å². The molecule has 1 rings (SSSR count). The van der Waals surface area contributed by atoms with Crippen molar-refractivity contribution in [3.8, 4) is 5.40 Å². The monoisotopic (exact) mass is 540 g/mol. The lowest BCUT2D eigenvalue weighted by atomic mass is 10.0. The summed E-state index contributed by atoms with van der Waals surface area (Å²) in [6.45, 7) is -0.224. The van der Waals surface area contributed by atoms with Crippen LogP contribution in [-0.4, -0.2) is 124 Å². The highest BCUT2D eigenvalue weighted by molar-refractivity contribution is 8.03. The first-order chi connectivity index (χ1) is 17.4. The van der Waals surface area contributed by atoms with E-state index < -0.39 is 55.6 Å². The van der Waals surface area contributed by atoms with E-state index in [2.05, 4.69) is 0 Å². The Morgan fingerprint density at radius 1 is 0.892 bits per heavy atom. The molecule has 0 bridgehead atoms. The second-order valence-electron chi connectivity index (χ2n) is 8.38. The van der Waals surface area contributed by atoms with E-state index in [-0.39, 0.29) is 26.4 Å². The number of carbonyl (C=O) groups is 4. The highest BCUT2D eigenvalue weighted by atomic mass is 32.2. The van der Waals surface area contributed by atoms with Crippen molar-refractivity contribution in [2.45, 2.75) is 30.3 Å². The number of rotatable bonds is 19. The molecule has 0 aliphatic rings. The van der Waals surface area contributed by atoms with Crippen LogP contribution in [0.2, 0.25) is 0 Å². The Kier molecular flexibility index (Phi) is 14.2. The van der Waals surface area contributed by atoms with Crippen molar-refractivity contribution in [3.05, 3.63) is 29.8 Å². The highest BCUT2D eigenvalue weighted by Gasteiger charge is 2.28. The number of nitriles is 1. The molecule has 0 fully saturated rings. The van der Waals surface area contributed by atoms with Gasteiger partial charge >= 0.3 is 23.9 Å². The summed E-state index contributed by atoms with van der Waals surface area (Å²) in [5, 5.41) is 48.1. The van der Waals surface area contributed by atoms with Crippen LogP contribution in [-0.2, 0) is 30.3 Å². The fourth-order valence-electron chi connectivity index (χ4n) is 3.84. The first kappa shape index (κ1) is 31.8. The van der Waals surface area contributed by atoms with E-state index in [9.17, 15) is 29.4 Å². The van der Waals surface area contributed by atoms with Gasteiger partial charge < -0.3 is 25.2 Å². The van der Waals surface area contributed by atoms with E-state index in [4.69, 9.17) is 20.2 Å². The fraction of sp³-hybridized carbons (Fsp3) is 0.522. The van der Waals surface area contributed by atoms with Crippen LogP contribution in [0, 0.1) is 10.7 Å². The molecule has 13 nitrogen and oxygen atoms in total. The summed E-state index contributed by atoms with van der Waals surface area (Å²) >= 11 is 0.997. The molecule has 37 heavy (non-hydrogen) atoms. The molecule has 204 valence electrons. The average Bonchev–Trinajstić information content (AvgIpc) is 2.78. The minimum absolute atomic E-state index is 0.0228. The van der Waals surface area contributed by atoms with Crippen LogP contribution < -0.4 is 0 Å². The number of hydrogen-bond donors (Lipinski definition) is 4.